The Hall–Kier alpha value is -0.980. The van der Waals surface area contributed by atoms with E-state index in [0.29, 0.717) is 0 Å². The number of hydrogen-bond donors (Lipinski definition) is 1. The van der Waals surface area contributed by atoms with Crippen LogP contribution in [-0.4, -0.2) is 7.05 Å². The van der Waals surface area contributed by atoms with E-state index in [4.69, 9.17) is 0 Å². The van der Waals surface area contributed by atoms with Crippen LogP contribution in [0.3, 0.4) is 0 Å². The summed E-state index contributed by atoms with van der Waals surface area (Å²) in [5, 5.41) is 3.36. The summed E-state index contributed by atoms with van der Waals surface area (Å²) in [6.07, 6.45) is 5.28. The molecule has 1 aromatic carbocycles. The van der Waals surface area contributed by atoms with Crippen LogP contribution in [0.25, 0.3) is 0 Å². The molecule has 1 saturated carbocycles. The number of hydrogen-bond acceptors (Lipinski definition) is 1. The van der Waals surface area contributed by atoms with Crippen LogP contribution in [0.4, 0.5) is 5.69 Å². The molecule has 22 heavy (non-hydrogen) atoms. The first-order valence-electron chi connectivity index (χ1n) is 9.21. The van der Waals surface area contributed by atoms with Crippen LogP contribution in [-0.2, 0) is 5.41 Å². The van der Waals surface area contributed by atoms with E-state index in [0.717, 1.165) is 11.8 Å². The number of nitrogens with one attached hydrogen (secondary N) is 1. The Morgan fingerprint density at radius 2 is 1.82 bits per heavy atom. The van der Waals surface area contributed by atoms with Gasteiger partial charge in [0.05, 0.1) is 0 Å². The first-order valence-corrected chi connectivity index (χ1v) is 9.21. The quantitative estimate of drug-likeness (QED) is 0.620. The van der Waals surface area contributed by atoms with Crippen LogP contribution < -0.4 is 5.32 Å². The molecule has 0 saturated heterocycles. The van der Waals surface area contributed by atoms with Crippen LogP contribution in [0.5, 0.6) is 0 Å². The Kier molecular flexibility index (Phi) is 6.97. The summed E-state index contributed by atoms with van der Waals surface area (Å²) in [4.78, 5) is 0. The van der Waals surface area contributed by atoms with Crippen LogP contribution in [0.2, 0.25) is 0 Å². The molecule has 0 amide bonds. The third-order valence-corrected chi connectivity index (χ3v) is 5.04. The second-order valence-electron chi connectivity index (χ2n) is 7.36. The van der Waals surface area contributed by atoms with Crippen molar-refractivity contribution in [2.75, 3.05) is 12.4 Å². The van der Waals surface area contributed by atoms with Gasteiger partial charge in [-0.1, -0.05) is 48.0 Å². The van der Waals surface area contributed by atoms with Crippen molar-refractivity contribution in [3.63, 3.8) is 0 Å². The third kappa shape index (κ3) is 4.51. The third-order valence-electron chi connectivity index (χ3n) is 5.04. The Bertz CT molecular complexity index is 469. The van der Waals surface area contributed by atoms with Crippen molar-refractivity contribution < 1.29 is 0 Å². The molecule has 0 bridgehead atoms. The summed E-state index contributed by atoms with van der Waals surface area (Å²) in [6.45, 7) is 15.8. The molecule has 1 aliphatic rings. The summed E-state index contributed by atoms with van der Waals surface area (Å²) in [6, 6.07) is 4.75. The second kappa shape index (κ2) is 8.04. The molecule has 1 N–H and O–H groups in total. The van der Waals surface area contributed by atoms with Crippen molar-refractivity contribution in [1.29, 1.82) is 0 Å². The fourth-order valence-electron chi connectivity index (χ4n) is 3.53. The van der Waals surface area contributed by atoms with Crippen molar-refractivity contribution in [1.82, 2.24) is 0 Å². The van der Waals surface area contributed by atoms with Crippen LogP contribution >= 0.6 is 0 Å². The lowest BCUT2D eigenvalue weighted by Gasteiger charge is -2.31. The zero-order valence-electron chi connectivity index (χ0n) is 16.1. The summed E-state index contributed by atoms with van der Waals surface area (Å²) < 4.78 is 0. The van der Waals surface area contributed by atoms with Gasteiger partial charge in [-0.2, -0.15) is 0 Å². The largest absolute Gasteiger partial charge is 0.388 e. The lowest BCUT2D eigenvalue weighted by Crippen LogP contribution is -2.22. The zero-order valence-corrected chi connectivity index (χ0v) is 16.1. The fourth-order valence-corrected chi connectivity index (χ4v) is 3.53. The predicted molar refractivity (Wildman–Crippen MR) is 101 cm³/mol. The summed E-state index contributed by atoms with van der Waals surface area (Å²) in [5.41, 5.74) is 6.22. The maximum atomic E-state index is 3.36. The first kappa shape index (κ1) is 19.1. The van der Waals surface area contributed by atoms with Gasteiger partial charge in [-0.3, -0.25) is 0 Å². The normalized spacial score (nSPS) is 15.8. The highest BCUT2D eigenvalue weighted by Gasteiger charge is 2.30. The highest BCUT2D eigenvalue weighted by molar-refractivity contribution is 5.55. The molecule has 1 fully saturated rings. The number of anilines is 1. The Labute approximate surface area is 138 Å². The van der Waals surface area contributed by atoms with Gasteiger partial charge in [-0.25, -0.2) is 0 Å². The summed E-state index contributed by atoms with van der Waals surface area (Å²) in [5.74, 6) is 1.61. The average Bonchev–Trinajstić information content (AvgIpc) is 3.33. The van der Waals surface area contributed by atoms with E-state index in [9.17, 15) is 0 Å². The minimum absolute atomic E-state index is 0.260. The van der Waals surface area contributed by atoms with E-state index in [1.54, 1.807) is 16.7 Å². The predicted octanol–water partition coefficient (Wildman–Crippen LogP) is 6.65. The molecule has 0 heterocycles. The molecule has 1 unspecified atom stereocenters. The molecule has 0 aliphatic heterocycles. The molecule has 1 nitrogen and oxygen atoms in total. The highest BCUT2D eigenvalue weighted by Crippen LogP contribution is 2.45. The molecule has 0 aromatic heterocycles. The van der Waals surface area contributed by atoms with Gasteiger partial charge in [0.25, 0.3) is 0 Å². The standard InChI is InChI=1S/C19H31N.C2H6/c1-7-13(2)12-19(4,5)18-11-16(20-6)10-17(14(18)3)15-8-9-15;1-2/h10-11,13,15,20H,7-9,12H2,1-6H3;1-2H3. The Morgan fingerprint density at radius 1 is 1.23 bits per heavy atom. The van der Waals surface area contributed by atoms with Crippen LogP contribution in [0.1, 0.15) is 89.8 Å². The highest BCUT2D eigenvalue weighted by atomic mass is 14.8. The average molecular weight is 304 g/mol. The molecule has 1 atom stereocenters. The van der Waals surface area contributed by atoms with Gasteiger partial charge in [0.15, 0.2) is 0 Å². The SMILES string of the molecule is CC.CCC(C)CC(C)(C)c1cc(NC)cc(C2CC2)c1C. The van der Waals surface area contributed by atoms with Crippen LogP contribution in [0, 0.1) is 12.8 Å². The Morgan fingerprint density at radius 3 is 2.27 bits per heavy atom. The van der Waals surface area contributed by atoms with Gasteiger partial charge < -0.3 is 5.32 Å². The van der Waals surface area contributed by atoms with Crippen molar-refractivity contribution in [2.45, 2.75) is 85.5 Å². The molecule has 1 heteroatoms. The van der Waals surface area contributed by atoms with Gasteiger partial charge in [-0.05, 0) is 72.3 Å². The molecule has 1 aromatic rings. The topological polar surface area (TPSA) is 12.0 Å². The van der Waals surface area contributed by atoms with E-state index in [1.165, 1.54) is 31.4 Å². The van der Waals surface area contributed by atoms with Crippen molar-refractivity contribution in [2.24, 2.45) is 5.92 Å². The van der Waals surface area contributed by atoms with Gasteiger partial charge in [0.2, 0.25) is 0 Å². The molecule has 2 rings (SSSR count). The van der Waals surface area contributed by atoms with Gasteiger partial charge in [0.1, 0.15) is 0 Å². The number of rotatable bonds is 6. The minimum atomic E-state index is 0.260. The number of benzene rings is 1. The fraction of sp³-hybridized carbons (Fsp3) is 0.714. The molecule has 1 aliphatic carbocycles. The lowest BCUT2D eigenvalue weighted by atomic mass is 9.74. The van der Waals surface area contributed by atoms with Gasteiger partial charge in [0, 0.05) is 12.7 Å². The first-order chi connectivity index (χ1) is 10.4. The summed E-state index contributed by atoms with van der Waals surface area (Å²) in [7, 11) is 2.03. The second-order valence-corrected chi connectivity index (χ2v) is 7.36. The monoisotopic (exact) mass is 303 g/mol. The minimum Gasteiger partial charge on any atom is -0.388 e. The van der Waals surface area contributed by atoms with Crippen molar-refractivity contribution in [3.8, 4) is 0 Å². The lowest BCUT2D eigenvalue weighted by molar-refractivity contribution is 0.371. The van der Waals surface area contributed by atoms with E-state index in [2.05, 4.69) is 52.1 Å². The summed E-state index contributed by atoms with van der Waals surface area (Å²) >= 11 is 0. The molecular formula is C21H37N. The maximum absolute atomic E-state index is 3.36. The van der Waals surface area contributed by atoms with E-state index >= 15 is 0 Å². The Balaban J connectivity index is 0.00000116. The maximum Gasteiger partial charge on any atom is 0.0343 e. The van der Waals surface area contributed by atoms with Crippen molar-refractivity contribution in [3.05, 3.63) is 28.8 Å². The van der Waals surface area contributed by atoms with Crippen molar-refractivity contribution >= 4 is 5.69 Å². The van der Waals surface area contributed by atoms with E-state index < -0.39 is 0 Å². The van der Waals surface area contributed by atoms with Gasteiger partial charge in [-0.15, -0.1) is 0 Å². The smallest absolute Gasteiger partial charge is 0.0343 e. The van der Waals surface area contributed by atoms with E-state index in [-0.39, 0.29) is 5.41 Å². The molecular weight excluding hydrogens is 266 g/mol. The van der Waals surface area contributed by atoms with Gasteiger partial charge >= 0.3 is 0 Å². The molecule has 126 valence electrons. The zero-order chi connectivity index (χ0) is 16.9. The van der Waals surface area contributed by atoms with E-state index in [1.807, 2.05) is 20.9 Å². The molecule has 0 radical (unpaired) electrons. The molecule has 0 spiro atoms. The van der Waals surface area contributed by atoms with Crippen LogP contribution in [0.15, 0.2) is 12.1 Å².